The quantitative estimate of drug-likeness (QED) is 0.836. The van der Waals surface area contributed by atoms with Crippen LogP contribution in [0.4, 0.5) is 4.39 Å². The number of halogens is 1. The van der Waals surface area contributed by atoms with Gasteiger partial charge in [-0.25, -0.2) is 9.18 Å². The van der Waals surface area contributed by atoms with Crippen molar-refractivity contribution in [3.05, 3.63) is 35.6 Å². The normalized spacial score (nSPS) is 20.3. The Kier molecular flexibility index (Phi) is 3.92. The van der Waals surface area contributed by atoms with Crippen LogP contribution in [0.2, 0.25) is 0 Å². The van der Waals surface area contributed by atoms with E-state index in [1.807, 2.05) is 0 Å². The summed E-state index contributed by atoms with van der Waals surface area (Å²) < 4.78 is 13.4. The second-order valence-corrected chi connectivity index (χ2v) is 4.28. The summed E-state index contributed by atoms with van der Waals surface area (Å²) in [6.07, 6.45) is 3.78. The van der Waals surface area contributed by atoms with E-state index in [-0.39, 0.29) is 5.82 Å². The minimum Gasteiger partial charge on any atom is -0.480 e. The summed E-state index contributed by atoms with van der Waals surface area (Å²) in [7, 11) is 0. The van der Waals surface area contributed by atoms with Gasteiger partial charge in [-0.3, -0.25) is 5.01 Å². The minimum atomic E-state index is -0.875. The van der Waals surface area contributed by atoms with Crippen LogP contribution in [-0.2, 0) is 4.79 Å². The van der Waals surface area contributed by atoms with Crippen molar-refractivity contribution in [3.63, 3.8) is 0 Å². The fraction of sp³-hybridized carbons (Fsp3) is 0.385. The molecule has 1 aromatic rings. The molecule has 1 unspecified atom stereocenters. The van der Waals surface area contributed by atoms with Gasteiger partial charge >= 0.3 is 5.97 Å². The summed E-state index contributed by atoms with van der Waals surface area (Å²) in [6.45, 7) is 0.599. The molecule has 0 amide bonds. The number of rotatable bonds is 3. The Morgan fingerprint density at radius 1 is 1.44 bits per heavy atom. The number of nitrogens with zero attached hydrogens (tertiary/aromatic N) is 2. The summed E-state index contributed by atoms with van der Waals surface area (Å²) in [5.74, 6) is -1.23. The van der Waals surface area contributed by atoms with Crippen molar-refractivity contribution < 1.29 is 14.3 Å². The Morgan fingerprint density at radius 3 is 2.94 bits per heavy atom. The van der Waals surface area contributed by atoms with Gasteiger partial charge in [-0.05, 0) is 25.3 Å². The molecule has 0 bridgehead atoms. The Morgan fingerprint density at radius 2 is 2.22 bits per heavy atom. The lowest BCUT2D eigenvalue weighted by Gasteiger charge is -2.30. The topological polar surface area (TPSA) is 52.9 Å². The Balaban J connectivity index is 2.12. The SMILES string of the molecule is O=C(O)C1CCCCN1/N=C/c1ccccc1F. The number of carboxylic acids is 1. The van der Waals surface area contributed by atoms with Crippen LogP contribution in [0.5, 0.6) is 0 Å². The van der Waals surface area contributed by atoms with Crippen LogP contribution in [0.1, 0.15) is 24.8 Å². The third-order valence-electron chi connectivity index (χ3n) is 3.01. The van der Waals surface area contributed by atoms with Crippen LogP contribution in [-0.4, -0.2) is 34.9 Å². The second kappa shape index (κ2) is 5.62. The Hall–Kier alpha value is -1.91. The maximum absolute atomic E-state index is 13.4. The first-order chi connectivity index (χ1) is 8.68. The van der Waals surface area contributed by atoms with E-state index in [2.05, 4.69) is 5.10 Å². The maximum Gasteiger partial charge on any atom is 0.328 e. The molecule has 0 aliphatic carbocycles. The fourth-order valence-electron chi connectivity index (χ4n) is 2.02. The van der Waals surface area contributed by atoms with Crippen molar-refractivity contribution in [1.29, 1.82) is 0 Å². The molecule has 1 aliphatic heterocycles. The zero-order valence-corrected chi connectivity index (χ0v) is 9.92. The molecule has 1 N–H and O–H groups in total. The zero-order valence-electron chi connectivity index (χ0n) is 9.92. The van der Waals surface area contributed by atoms with Crippen LogP contribution in [0, 0.1) is 5.82 Å². The summed E-state index contributed by atoms with van der Waals surface area (Å²) in [5, 5.41) is 14.7. The first-order valence-electron chi connectivity index (χ1n) is 5.96. The van der Waals surface area contributed by atoms with Crippen molar-refractivity contribution in [2.24, 2.45) is 5.10 Å². The lowest BCUT2D eigenvalue weighted by Crippen LogP contribution is -2.41. The fourth-order valence-corrected chi connectivity index (χ4v) is 2.02. The highest BCUT2D eigenvalue weighted by molar-refractivity contribution is 5.80. The molecule has 5 heteroatoms. The van der Waals surface area contributed by atoms with E-state index in [1.165, 1.54) is 17.3 Å². The standard InChI is InChI=1S/C13H15FN2O2/c14-11-6-2-1-5-10(11)9-15-16-8-4-3-7-12(16)13(17)18/h1-2,5-6,9,12H,3-4,7-8H2,(H,17,18)/b15-9+. The van der Waals surface area contributed by atoms with Crippen LogP contribution >= 0.6 is 0 Å². The predicted molar refractivity (Wildman–Crippen MR) is 66.0 cm³/mol. The van der Waals surface area contributed by atoms with E-state index in [1.54, 1.807) is 18.2 Å². The van der Waals surface area contributed by atoms with E-state index in [4.69, 9.17) is 5.11 Å². The van der Waals surface area contributed by atoms with E-state index >= 15 is 0 Å². The highest BCUT2D eigenvalue weighted by atomic mass is 19.1. The van der Waals surface area contributed by atoms with Crippen molar-refractivity contribution in [2.75, 3.05) is 6.54 Å². The van der Waals surface area contributed by atoms with Gasteiger partial charge in [0.1, 0.15) is 11.9 Å². The predicted octanol–water partition coefficient (Wildman–Crippen LogP) is 2.10. The molecule has 0 saturated carbocycles. The highest BCUT2D eigenvalue weighted by Gasteiger charge is 2.27. The monoisotopic (exact) mass is 250 g/mol. The Bertz CT molecular complexity index is 462. The second-order valence-electron chi connectivity index (χ2n) is 4.28. The molecule has 0 spiro atoms. The van der Waals surface area contributed by atoms with Gasteiger partial charge in [0.25, 0.3) is 0 Å². The van der Waals surface area contributed by atoms with E-state index in [0.717, 1.165) is 12.8 Å². The summed E-state index contributed by atoms with van der Waals surface area (Å²) in [6, 6.07) is 5.69. The van der Waals surface area contributed by atoms with Gasteiger partial charge < -0.3 is 5.11 Å². The third kappa shape index (κ3) is 2.85. The van der Waals surface area contributed by atoms with Crippen molar-refractivity contribution in [3.8, 4) is 0 Å². The van der Waals surface area contributed by atoms with Gasteiger partial charge in [0.05, 0.1) is 6.21 Å². The molecular formula is C13H15FN2O2. The number of benzene rings is 1. The molecule has 2 rings (SSSR count). The number of hydrogen-bond acceptors (Lipinski definition) is 3. The largest absolute Gasteiger partial charge is 0.480 e. The number of hydrogen-bond donors (Lipinski definition) is 1. The lowest BCUT2D eigenvalue weighted by atomic mass is 10.0. The van der Waals surface area contributed by atoms with E-state index in [0.29, 0.717) is 18.5 Å². The lowest BCUT2D eigenvalue weighted by molar-refractivity contribution is -0.144. The zero-order chi connectivity index (χ0) is 13.0. The smallest absolute Gasteiger partial charge is 0.328 e. The number of hydrazone groups is 1. The molecular weight excluding hydrogens is 235 g/mol. The number of carboxylic acid groups (broad SMARTS) is 1. The molecule has 1 fully saturated rings. The molecule has 18 heavy (non-hydrogen) atoms. The first kappa shape index (κ1) is 12.5. The van der Waals surface area contributed by atoms with Gasteiger partial charge in [0, 0.05) is 12.1 Å². The first-order valence-corrected chi connectivity index (χ1v) is 5.96. The van der Waals surface area contributed by atoms with Gasteiger partial charge in [-0.2, -0.15) is 5.10 Å². The molecule has 0 radical (unpaired) electrons. The van der Waals surface area contributed by atoms with Crippen molar-refractivity contribution in [1.82, 2.24) is 5.01 Å². The molecule has 0 aromatic heterocycles. The molecule has 1 atom stereocenters. The van der Waals surface area contributed by atoms with Crippen LogP contribution < -0.4 is 0 Å². The minimum absolute atomic E-state index is 0.356. The van der Waals surface area contributed by atoms with Crippen LogP contribution in [0.15, 0.2) is 29.4 Å². The summed E-state index contributed by atoms with van der Waals surface area (Å²) in [4.78, 5) is 11.1. The van der Waals surface area contributed by atoms with Crippen molar-refractivity contribution >= 4 is 12.2 Å². The summed E-state index contributed by atoms with van der Waals surface area (Å²) in [5.41, 5.74) is 0.368. The van der Waals surface area contributed by atoms with Crippen LogP contribution in [0.3, 0.4) is 0 Å². The highest BCUT2D eigenvalue weighted by Crippen LogP contribution is 2.17. The third-order valence-corrected chi connectivity index (χ3v) is 3.01. The molecule has 1 saturated heterocycles. The average Bonchev–Trinajstić information content (AvgIpc) is 2.38. The van der Waals surface area contributed by atoms with Crippen LogP contribution in [0.25, 0.3) is 0 Å². The Labute approximate surface area is 105 Å². The number of aliphatic carboxylic acids is 1. The summed E-state index contributed by atoms with van der Waals surface area (Å²) >= 11 is 0. The molecule has 4 nitrogen and oxygen atoms in total. The van der Waals surface area contributed by atoms with Gasteiger partial charge in [0.15, 0.2) is 0 Å². The number of piperidine rings is 1. The van der Waals surface area contributed by atoms with Crippen molar-refractivity contribution in [2.45, 2.75) is 25.3 Å². The average molecular weight is 250 g/mol. The van der Waals surface area contributed by atoms with E-state index in [9.17, 15) is 9.18 Å². The molecule has 1 aromatic carbocycles. The molecule has 1 aliphatic rings. The van der Waals surface area contributed by atoms with Gasteiger partial charge in [-0.1, -0.05) is 18.2 Å². The number of carbonyl (C=O) groups is 1. The van der Waals surface area contributed by atoms with Gasteiger partial charge in [0.2, 0.25) is 0 Å². The maximum atomic E-state index is 13.4. The van der Waals surface area contributed by atoms with Gasteiger partial charge in [-0.15, -0.1) is 0 Å². The van der Waals surface area contributed by atoms with E-state index < -0.39 is 12.0 Å². The molecule has 96 valence electrons. The molecule has 1 heterocycles.